The Labute approximate surface area is 123 Å². The van der Waals surface area contributed by atoms with Crippen molar-refractivity contribution in [3.63, 3.8) is 0 Å². The summed E-state index contributed by atoms with van der Waals surface area (Å²) in [5.41, 5.74) is 0.170. The molecule has 0 amide bonds. The maximum atomic E-state index is 11.1. The molecule has 1 aliphatic rings. The number of nitro groups is 1. The Morgan fingerprint density at radius 3 is 2.90 bits per heavy atom. The van der Waals surface area contributed by atoms with Gasteiger partial charge < -0.3 is 0 Å². The van der Waals surface area contributed by atoms with E-state index in [2.05, 4.69) is 13.0 Å². The average Bonchev–Trinajstić information content (AvgIpc) is 2.85. The summed E-state index contributed by atoms with van der Waals surface area (Å²) in [7, 11) is 0. The molecule has 0 aliphatic heterocycles. The van der Waals surface area contributed by atoms with E-state index in [9.17, 15) is 15.4 Å². The van der Waals surface area contributed by atoms with Crippen molar-refractivity contribution in [2.45, 2.75) is 39.0 Å². The Hall–Kier alpha value is -1.60. The maximum absolute atomic E-state index is 11.1. The van der Waals surface area contributed by atoms with Crippen LogP contribution in [-0.4, -0.2) is 4.92 Å². The third-order valence-corrected chi connectivity index (χ3v) is 4.53. The quantitative estimate of drug-likeness (QED) is 0.605. The van der Waals surface area contributed by atoms with Gasteiger partial charge in [-0.15, -0.1) is 0 Å². The molecule has 2 atom stereocenters. The number of benzene rings is 1. The smallest absolute Gasteiger partial charge is 0.258 e. The molecule has 5 heteroatoms. The summed E-state index contributed by atoms with van der Waals surface area (Å²) in [5, 5.41) is 21.0. The predicted octanol–water partition coefficient (Wildman–Crippen LogP) is 4.51. The van der Waals surface area contributed by atoms with Gasteiger partial charge in [-0.2, -0.15) is 5.26 Å². The van der Waals surface area contributed by atoms with Crippen LogP contribution in [0.5, 0.6) is 0 Å². The van der Waals surface area contributed by atoms with Gasteiger partial charge in [-0.25, -0.2) is 0 Å². The highest BCUT2D eigenvalue weighted by molar-refractivity contribution is 6.30. The van der Waals surface area contributed by atoms with Gasteiger partial charge >= 0.3 is 0 Å². The summed E-state index contributed by atoms with van der Waals surface area (Å²) < 4.78 is 0. The highest BCUT2D eigenvalue weighted by Gasteiger charge is 2.40. The molecule has 0 radical (unpaired) electrons. The van der Waals surface area contributed by atoms with Crippen LogP contribution in [0, 0.1) is 32.8 Å². The summed E-state index contributed by atoms with van der Waals surface area (Å²) >= 11 is 5.82. The van der Waals surface area contributed by atoms with Crippen LogP contribution in [0.1, 0.15) is 38.2 Å². The molecule has 1 aliphatic carbocycles. The lowest BCUT2D eigenvalue weighted by molar-refractivity contribution is -0.385. The van der Waals surface area contributed by atoms with E-state index in [1.165, 1.54) is 6.07 Å². The molecular weight excluding hydrogens is 276 g/mol. The molecule has 4 nitrogen and oxygen atoms in total. The number of hydrogen-bond acceptors (Lipinski definition) is 3. The lowest BCUT2D eigenvalue weighted by Gasteiger charge is -2.21. The van der Waals surface area contributed by atoms with E-state index in [-0.39, 0.29) is 5.69 Å². The minimum Gasteiger partial charge on any atom is -0.258 e. The van der Waals surface area contributed by atoms with Gasteiger partial charge in [0.15, 0.2) is 0 Å². The summed E-state index contributed by atoms with van der Waals surface area (Å²) in [6, 6.07) is 7.12. The Balaban J connectivity index is 2.30. The van der Waals surface area contributed by atoms with Crippen molar-refractivity contribution in [1.29, 1.82) is 5.26 Å². The number of nitro benzene ring substituents is 1. The molecule has 0 aromatic heterocycles. The second-order valence-corrected chi connectivity index (χ2v) is 6.05. The lowest BCUT2D eigenvalue weighted by Crippen LogP contribution is -2.18. The molecule has 1 aromatic carbocycles. The monoisotopic (exact) mass is 292 g/mol. The fourth-order valence-electron chi connectivity index (χ4n) is 3.11. The second kappa shape index (κ2) is 5.80. The first-order chi connectivity index (χ1) is 9.49. The molecule has 106 valence electrons. The van der Waals surface area contributed by atoms with E-state index < -0.39 is 10.3 Å². The van der Waals surface area contributed by atoms with Crippen molar-refractivity contribution in [1.82, 2.24) is 0 Å². The number of halogens is 1. The van der Waals surface area contributed by atoms with Crippen molar-refractivity contribution < 1.29 is 4.92 Å². The predicted molar refractivity (Wildman–Crippen MR) is 77.5 cm³/mol. The normalized spacial score (nSPS) is 25.4. The first-order valence-corrected chi connectivity index (χ1v) is 7.21. The largest absolute Gasteiger partial charge is 0.274 e. The van der Waals surface area contributed by atoms with Gasteiger partial charge in [0, 0.05) is 16.7 Å². The topological polar surface area (TPSA) is 66.9 Å². The number of hydrogen-bond donors (Lipinski definition) is 0. The summed E-state index contributed by atoms with van der Waals surface area (Å²) in [4.78, 5) is 10.7. The minimum atomic E-state index is -0.459. The van der Waals surface area contributed by atoms with E-state index in [0.717, 1.165) is 25.7 Å². The third kappa shape index (κ3) is 2.94. The molecule has 2 unspecified atom stereocenters. The maximum Gasteiger partial charge on any atom is 0.274 e. The zero-order valence-electron chi connectivity index (χ0n) is 11.4. The zero-order chi connectivity index (χ0) is 14.8. The molecule has 2 rings (SSSR count). The van der Waals surface area contributed by atoms with Gasteiger partial charge in [-0.3, -0.25) is 10.1 Å². The van der Waals surface area contributed by atoms with Crippen LogP contribution in [0.4, 0.5) is 5.69 Å². The Kier molecular flexibility index (Phi) is 4.29. The molecule has 0 heterocycles. The molecule has 20 heavy (non-hydrogen) atoms. The van der Waals surface area contributed by atoms with Crippen LogP contribution in [0.2, 0.25) is 5.02 Å². The number of nitriles is 1. The lowest BCUT2D eigenvalue weighted by atomic mass is 9.80. The number of rotatable bonds is 4. The second-order valence-electron chi connectivity index (χ2n) is 5.62. The Morgan fingerprint density at radius 1 is 1.60 bits per heavy atom. The first kappa shape index (κ1) is 14.8. The fourth-order valence-corrected chi connectivity index (χ4v) is 3.27. The number of nitrogens with zero attached hydrogens (tertiary/aromatic N) is 2. The van der Waals surface area contributed by atoms with Gasteiger partial charge in [-0.1, -0.05) is 31.0 Å². The van der Waals surface area contributed by atoms with E-state index in [0.29, 0.717) is 22.9 Å². The zero-order valence-corrected chi connectivity index (χ0v) is 12.2. The van der Waals surface area contributed by atoms with Gasteiger partial charge in [0.25, 0.3) is 5.69 Å². The Morgan fingerprint density at radius 2 is 2.35 bits per heavy atom. The van der Waals surface area contributed by atoms with Crippen molar-refractivity contribution in [2.75, 3.05) is 0 Å². The van der Waals surface area contributed by atoms with Crippen molar-refractivity contribution in [3.8, 4) is 6.07 Å². The van der Waals surface area contributed by atoms with Gasteiger partial charge in [0.1, 0.15) is 0 Å². The van der Waals surface area contributed by atoms with Crippen LogP contribution in [0.25, 0.3) is 0 Å². The van der Waals surface area contributed by atoms with Crippen LogP contribution in [0.3, 0.4) is 0 Å². The molecule has 0 bridgehead atoms. The molecule has 0 spiro atoms. The van der Waals surface area contributed by atoms with Crippen LogP contribution in [-0.2, 0) is 6.42 Å². The summed E-state index contributed by atoms with van der Waals surface area (Å²) in [5.74, 6) is 0.556. The fraction of sp³-hybridized carbons (Fsp3) is 0.533. The van der Waals surface area contributed by atoms with E-state index in [1.54, 1.807) is 12.1 Å². The standard InChI is InChI=1S/C15H17ClN2O2/c1-2-11-5-6-15(8-11,10-17)9-12-3-4-13(16)7-14(12)18(19)20/h3-4,7,11H,2,5-6,8-9H2,1H3. The molecule has 1 fully saturated rings. The Bertz CT molecular complexity index is 567. The SMILES string of the molecule is CCC1CCC(C#N)(Cc2ccc(Cl)cc2[N+](=O)[O-])C1. The van der Waals surface area contributed by atoms with E-state index in [4.69, 9.17) is 11.6 Å². The van der Waals surface area contributed by atoms with E-state index >= 15 is 0 Å². The highest BCUT2D eigenvalue weighted by atomic mass is 35.5. The summed E-state index contributed by atoms with van der Waals surface area (Å²) in [6.45, 7) is 2.13. The molecule has 0 saturated heterocycles. The van der Waals surface area contributed by atoms with Crippen molar-refractivity contribution in [3.05, 3.63) is 38.9 Å². The van der Waals surface area contributed by atoms with Crippen LogP contribution in [0.15, 0.2) is 18.2 Å². The van der Waals surface area contributed by atoms with Gasteiger partial charge in [-0.05, 0) is 37.7 Å². The molecule has 1 saturated carbocycles. The van der Waals surface area contributed by atoms with E-state index in [1.807, 2.05) is 0 Å². The van der Waals surface area contributed by atoms with Crippen LogP contribution < -0.4 is 0 Å². The summed E-state index contributed by atoms with van der Waals surface area (Å²) in [6.07, 6.45) is 4.19. The minimum absolute atomic E-state index is 0.0204. The highest BCUT2D eigenvalue weighted by Crippen LogP contribution is 2.46. The van der Waals surface area contributed by atoms with Crippen LogP contribution >= 0.6 is 11.6 Å². The van der Waals surface area contributed by atoms with Gasteiger partial charge in [0.2, 0.25) is 0 Å². The molecule has 0 N–H and O–H groups in total. The third-order valence-electron chi connectivity index (χ3n) is 4.30. The molecular formula is C15H17ClN2O2. The van der Waals surface area contributed by atoms with Crippen molar-refractivity contribution >= 4 is 17.3 Å². The van der Waals surface area contributed by atoms with Crippen molar-refractivity contribution in [2.24, 2.45) is 11.3 Å². The first-order valence-electron chi connectivity index (χ1n) is 6.84. The average molecular weight is 293 g/mol. The molecule has 1 aromatic rings. The van der Waals surface area contributed by atoms with Gasteiger partial charge in [0.05, 0.1) is 16.4 Å².